The highest BCUT2D eigenvalue weighted by Gasteiger charge is 2.44. The van der Waals surface area contributed by atoms with Crippen LogP contribution in [0.5, 0.6) is 0 Å². The minimum absolute atomic E-state index is 0.405. The van der Waals surface area contributed by atoms with Crippen molar-refractivity contribution in [2.75, 3.05) is 45.2 Å². The molecule has 2 atom stereocenters. The maximum atomic E-state index is 12.8. The zero-order chi connectivity index (χ0) is 19.0. The SMILES string of the molecule is CN(C)c1ccc(CN2CC3CN(S(=O)(=O)c4ccccc4)CC3C2)cc1. The minimum Gasteiger partial charge on any atom is -0.378 e. The number of rotatable bonds is 5. The Kier molecular flexibility index (Phi) is 4.97. The van der Waals surface area contributed by atoms with Crippen LogP contribution in [0, 0.1) is 11.8 Å². The van der Waals surface area contributed by atoms with Gasteiger partial charge in [0.25, 0.3) is 0 Å². The Morgan fingerprint density at radius 3 is 2.04 bits per heavy atom. The molecule has 4 rings (SSSR count). The van der Waals surface area contributed by atoms with Crippen LogP contribution in [-0.2, 0) is 16.6 Å². The van der Waals surface area contributed by atoms with E-state index in [1.807, 2.05) is 20.2 Å². The first kappa shape index (κ1) is 18.5. The van der Waals surface area contributed by atoms with Crippen LogP contribution < -0.4 is 4.90 Å². The summed E-state index contributed by atoms with van der Waals surface area (Å²) in [5.74, 6) is 0.870. The van der Waals surface area contributed by atoms with Gasteiger partial charge in [-0.25, -0.2) is 8.42 Å². The smallest absolute Gasteiger partial charge is 0.243 e. The lowest BCUT2D eigenvalue weighted by molar-refractivity contribution is 0.289. The molecule has 0 spiro atoms. The van der Waals surface area contributed by atoms with Crippen LogP contribution in [0.15, 0.2) is 59.5 Å². The van der Waals surface area contributed by atoms with Crippen LogP contribution >= 0.6 is 0 Å². The minimum atomic E-state index is -3.36. The van der Waals surface area contributed by atoms with E-state index in [1.54, 1.807) is 28.6 Å². The molecule has 2 aliphatic heterocycles. The Hall–Kier alpha value is -1.89. The Balaban J connectivity index is 1.37. The molecule has 0 aromatic heterocycles. The third-order valence-electron chi connectivity index (χ3n) is 5.77. The fourth-order valence-corrected chi connectivity index (χ4v) is 5.85. The highest BCUT2D eigenvalue weighted by atomic mass is 32.2. The van der Waals surface area contributed by atoms with Crippen LogP contribution in [0.4, 0.5) is 5.69 Å². The van der Waals surface area contributed by atoms with Crippen molar-refractivity contribution in [3.8, 4) is 0 Å². The maximum absolute atomic E-state index is 12.8. The summed E-state index contributed by atoms with van der Waals surface area (Å²) in [6.07, 6.45) is 0. The first-order valence-corrected chi connectivity index (χ1v) is 10.9. The summed E-state index contributed by atoms with van der Waals surface area (Å²) in [7, 11) is 0.735. The lowest BCUT2D eigenvalue weighted by atomic mass is 10.0. The fraction of sp³-hybridized carbons (Fsp3) is 0.429. The van der Waals surface area contributed by atoms with E-state index in [9.17, 15) is 8.42 Å². The van der Waals surface area contributed by atoms with E-state index in [4.69, 9.17) is 0 Å². The summed E-state index contributed by atoms with van der Waals surface area (Å²) in [5, 5.41) is 0. The van der Waals surface area contributed by atoms with Crippen molar-refractivity contribution in [2.24, 2.45) is 11.8 Å². The van der Waals surface area contributed by atoms with E-state index in [2.05, 4.69) is 34.1 Å². The number of likely N-dealkylation sites (tertiary alicyclic amines) is 1. The monoisotopic (exact) mass is 385 g/mol. The van der Waals surface area contributed by atoms with Gasteiger partial charge >= 0.3 is 0 Å². The molecule has 144 valence electrons. The molecular formula is C21H27N3O2S. The van der Waals surface area contributed by atoms with E-state index in [1.165, 1.54) is 11.3 Å². The second-order valence-corrected chi connectivity index (χ2v) is 9.85. The van der Waals surface area contributed by atoms with Crippen molar-refractivity contribution in [3.63, 3.8) is 0 Å². The molecule has 2 fully saturated rings. The molecule has 0 radical (unpaired) electrons. The van der Waals surface area contributed by atoms with Gasteiger partial charge in [-0.3, -0.25) is 4.90 Å². The molecule has 2 aromatic rings. The van der Waals surface area contributed by atoms with Gasteiger partial charge in [-0.1, -0.05) is 30.3 Å². The lowest BCUT2D eigenvalue weighted by Crippen LogP contribution is -2.33. The van der Waals surface area contributed by atoms with E-state index in [0.717, 1.165) is 19.6 Å². The van der Waals surface area contributed by atoms with Gasteiger partial charge in [0.2, 0.25) is 10.0 Å². The van der Waals surface area contributed by atoms with Crippen molar-refractivity contribution >= 4 is 15.7 Å². The van der Waals surface area contributed by atoms with Crippen LogP contribution in [-0.4, -0.2) is 57.9 Å². The van der Waals surface area contributed by atoms with E-state index < -0.39 is 10.0 Å². The highest BCUT2D eigenvalue weighted by Crippen LogP contribution is 2.34. The van der Waals surface area contributed by atoms with Crippen molar-refractivity contribution in [1.29, 1.82) is 0 Å². The molecule has 2 unspecified atom stereocenters. The molecule has 0 aliphatic carbocycles. The van der Waals surface area contributed by atoms with Gasteiger partial charge in [0.05, 0.1) is 4.90 Å². The van der Waals surface area contributed by atoms with Crippen LogP contribution in [0.1, 0.15) is 5.56 Å². The number of fused-ring (bicyclic) bond motifs is 1. The quantitative estimate of drug-likeness (QED) is 0.793. The van der Waals surface area contributed by atoms with Crippen LogP contribution in [0.2, 0.25) is 0 Å². The van der Waals surface area contributed by atoms with Crippen molar-refractivity contribution in [3.05, 3.63) is 60.2 Å². The van der Waals surface area contributed by atoms with Gasteiger partial charge in [-0.05, 0) is 41.7 Å². The number of hydrogen-bond acceptors (Lipinski definition) is 4. The molecule has 27 heavy (non-hydrogen) atoms. The predicted molar refractivity (Wildman–Crippen MR) is 108 cm³/mol. The summed E-state index contributed by atoms with van der Waals surface area (Å²) in [6.45, 7) is 4.16. The molecule has 0 amide bonds. The summed E-state index contributed by atoms with van der Waals surface area (Å²) >= 11 is 0. The molecular weight excluding hydrogens is 358 g/mol. The second-order valence-electron chi connectivity index (χ2n) is 7.91. The topological polar surface area (TPSA) is 43.9 Å². The van der Waals surface area contributed by atoms with Gasteiger partial charge in [0.15, 0.2) is 0 Å². The number of hydrogen-bond donors (Lipinski definition) is 0. The normalized spacial score (nSPS) is 23.5. The average molecular weight is 386 g/mol. The molecule has 6 heteroatoms. The highest BCUT2D eigenvalue weighted by molar-refractivity contribution is 7.89. The Morgan fingerprint density at radius 1 is 0.889 bits per heavy atom. The summed E-state index contributed by atoms with van der Waals surface area (Å²) in [5.41, 5.74) is 2.52. The Bertz CT molecular complexity index is 867. The maximum Gasteiger partial charge on any atom is 0.243 e. The van der Waals surface area contributed by atoms with Gasteiger partial charge in [0, 0.05) is 52.5 Å². The summed E-state index contributed by atoms with van der Waals surface area (Å²) in [4.78, 5) is 4.97. The molecule has 2 aromatic carbocycles. The largest absolute Gasteiger partial charge is 0.378 e. The fourth-order valence-electron chi connectivity index (χ4n) is 4.27. The number of anilines is 1. The zero-order valence-corrected chi connectivity index (χ0v) is 16.8. The first-order valence-electron chi connectivity index (χ1n) is 9.47. The van der Waals surface area contributed by atoms with Crippen molar-refractivity contribution in [1.82, 2.24) is 9.21 Å². The van der Waals surface area contributed by atoms with Crippen molar-refractivity contribution < 1.29 is 8.42 Å². The third kappa shape index (κ3) is 3.74. The molecule has 5 nitrogen and oxygen atoms in total. The average Bonchev–Trinajstić information content (AvgIpc) is 3.22. The first-order chi connectivity index (χ1) is 12.9. The molecule has 0 N–H and O–H groups in total. The van der Waals surface area contributed by atoms with E-state index >= 15 is 0 Å². The van der Waals surface area contributed by atoms with Crippen LogP contribution in [0.3, 0.4) is 0 Å². The zero-order valence-electron chi connectivity index (χ0n) is 16.0. The number of benzene rings is 2. The molecule has 0 saturated carbocycles. The van der Waals surface area contributed by atoms with Gasteiger partial charge in [-0.2, -0.15) is 4.31 Å². The standard InChI is InChI=1S/C21H27N3O2S/c1-22(2)20-10-8-17(9-11-20)12-23-13-18-15-24(16-19(18)14-23)27(25,26)21-6-4-3-5-7-21/h3-11,18-19H,12-16H2,1-2H3. The molecule has 2 heterocycles. The molecule has 0 bridgehead atoms. The van der Waals surface area contributed by atoms with E-state index in [0.29, 0.717) is 29.8 Å². The Labute approximate surface area is 162 Å². The van der Waals surface area contributed by atoms with Gasteiger partial charge in [0.1, 0.15) is 0 Å². The summed E-state index contributed by atoms with van der Waals surface area (Å²) in [6, 6.07) is 17.5. The van der Waals surface area contributed by atoms with Crippen LogP contribution in [0.25, 0.3) is 0 Å². The number of sulfonamides is 1. The second kappa shape index (κ2) is 7.26. The van der Waals surface area contributed by atoms with Crippen molar-refractivity contribution in [2.45, 2.75) is 11.4 Å². The van der Waals surface area contributed by atoms with E-state index in [-0.39, 0.29) is 0 Å². The number of nitrogens with zero attached hydrogens (tertiary/aromatic N) is 3. The van der Waals surface area contributed by atoms with Gasteiger partial charge < -0.3 is 4.90 Å². The predicted octanol–water partition coefficient (Wildman–Crippen LogP) is 2.51. The Morgan fingerprint density at radius 2 is 1.48 bits per heavy atom. The lowest BCUT2D eigenvalue weighted by Gasteiger charge is -2.22. The third-order valence-corrected chi connectivity index (χ3v) is 7.61. The van der Waals surface area contributed by atoms with Gasteiger partial charge in [-0.15, -0.1) is 0 Å². The molecule has 2 aliphatic rings. The molecule has 2 saturated heterocycles. The summed E-state index contributed by atoms with van der Waals surface area (Å²) < 4.78 is 27.3.